The Labute approximate surface area is 118 Å². The highest BCUT2D eigenvalue weighted by Gasteiger charge is 2.31. The van der Waals surface area contributed by atoms with Crippen molar-refractivity contribution in [1.29, 1.82) is 0 Å². The van der Waals surface area contributed by atoms with E-state index in [4.69, 9.17) is 0 Å². The lowest BCUT2D eigenvalue weighted by Crippen LogP contribution is -2.35. The van der Waals surface area contributed by atoms with Gasteiger partial charge in [0.1, 0.15) is 5.82 Å². The molecular formula is C11H17N3O4S2. The zero-order valence-electron chi connectivity index (χ0n) is 11.0. The number of anilines is 1. The molecule has 1 aromatic rings. The molecule has 1 saturated heterocycles. The third-order valence-electron chi connectivity index (χ3n) is 2.95. The van der Waals surface area contributed by atoms with Gasteiger partial charge in [-0.3, -0.25) is 0 Å². The van der Waals surface area contributed by atoms with Crippen molar-refractivity contribution < 1.29 is 16.8 Å². The van der Waals surface area contributed by atoms with E-state index in [1.807, 2.05) is 6.92 Å². The molecule has 2 N–H and O–H groups in total. The lowest BCUT2D eigenvalue weighted by Gasteiger charge is -2.12. The van der Waals surface area contributed by atoms with Crippen LogP contribution in [-0.4, -0.2) is 45.9 Å². The van der Waals surface area contributed by atoms with Gasteiger partial charge >= 0.3 is 0 Å². The summed E-state index contributed by atoms with van der Waals surface area (Å²) in [6.07, 6.45) is 1.71. The first-order chi connectivity index (χ1) is 9.32. The van der Waals surface area contributed by atoms with E-state index in [1.54, 1.807) is 0 Å². The Morgan fingerprint density at radius 2 is 2.20 bits per heavy atom. The van der Waals surface area contributed by atoms with Gasteiger partial charge in [-0.1, -0.05) is 0 Å². The monoisotopic (exact) mass is 319 g/mol. The van der Waals surface area contributed by atoms with Gasteiger partial charge < -0.3 is 5.32 Å². The van der Waals surface area contributed by atoms with Gasteiger partial charge in [0.2, 0.25) is 10.0 Å². The van der Waals surface area contributed by atoms with Crippen molar-refractivity contribution in [2.24, 2.45) is 0 Å². The molecule has 0 saturated carbocycles. The summed E-state index contributed by atoms with van der Waals surface area (Å²) in [6.45, 7) is 2.51. The number of rotatable bonds is 5. The maximum Gasteiger partial charge on any atom is 0.241 e. The van der Waals surface area contributed by atoms with E-state index >= 15 is 0 Å². The highest BCUT2D eigenvalue weighted by molar-refractivity contribution is 7.92. The second-order valence-corrected chi connectivity index (χ2v) is 8.57. The minimum absolute atomic E-state index is 0.0270. The number of pyridine rings is 1. The van der Waals surface area contributed by atoms with E-state index in [1.165, 1.54) is 18.3 Å². The van der Waals surface area contributed by atoms with Crippen LogP contribution in [0.3, 0.4) is 0 Å². The molecule has 112 valence electrons. The van der Waals surface area contributed by atoms with Crippen LogP contribution >= 0.6 is 0 Å². The fourth-order valence-electron chi connectivity index (χ4n) is 2.03. The lowest BCUT2D eigenvalue weighted by atomic mass is 10.3. The maximum absolute atomic E-state index is 12.2. The van der Waals surface area contributed by atoms with Gasteiger partial charge in [0.05, 0.1) is 16.4 Å². The molecular weight excluding hydrogens is 302 g/mol. The Bertz CT molecular complexity index is 685. The molecule has 1 aliphatic heterocycles. The summed E-state index contributed by atoms with van der Waals surface area (Å²) in [5.74, 6) is 0.353. The molecule has 20 heavy (non-hydrogen) atoms. The minimum Gasteiger partial charge on any atom is -0.370 e. The predicted octanol–water partition coefficient (Wildman–Crippen LogP) is -0.0212. The first-order valence-electron chi connectivity index (χ1n) is 6.25. The molecule has 1 unspecified atom stereocenters. The summed E-state index contributed by atoms with van der Waals surface area (Å²) in [7, 11) is -6.85. The Kier molecular flexibility index (Phi) is 4.31. The van der Waals surface area contributed by atoms with Crippen molar-refractivity contribution >= 4 is 25.7 Å². The summed E-state index contributed by atoms with van der Waals surface area (Å²) in [5.41, 5.74) is 0. The molecule has 2 rings (SSSR count). The predicted molar refractivity (Wildman–Crippen MR) is 75.8 cm³/mol. The molecule has 0 amide bonds. The largest absolute Gasteiger partial charge is 0.370 e. The third-order valence-corrected chi connectivity index (χ3v) is 6.24. The molecule has 1 atom stereocenters. The molecule has 9 heteroatoms. The summed E-state index contributed by atoms with van der Waals surface area (Å²) in [5, 5.41) is 2.93. The van der Waals surface area contributed by atoms with Gasteiger partial charge in [-0.2, -0.15) is 0 Å². The van der Waals surface area contributed by atoms with Crippen molar-refractivity contribution in [2.75, 3.05) is 23.4 Å². The van der Waals surface area contributed by atoms with E-state index in [9.17, 15) is 16.8 Å². The number of hydrogen-bond acceptors (Lipinski definition) is 6. The highest BCUT2D eigenvalue weighted by atomic mass is 32.2. The molecule has 1 fully saturated rings. The number of aromatic nitrogens is 1. The van der Waals surface area contributed by atoms with Gasteiger partial charge in [0.15, 0.2) is 9.84 Å². The Morgan fingerprint density at radius 1 is 1.45 bits per heavy atom. The first kappa shape index (κ1) is 15.2. The van der Waals surface area contributed by atoms with Crippen molar-refractivity contribution in [3.63, 3.8) is 0 Å². The van der Waals surface area contributed by atoms with Crippen molar-refractivity contribution in [3.05, 3.63) is 18.3 Å². The number of hydrogen-bond donors (Lipinski definition) is 2. The van der Waals surface area contributed by atoms with Crippen molar-refractivity contribution in [3.8, 4) is 0 Å². The average molecular weight is 319 g/mol. The highest BCUT2D eigenvalue weighted by Crippen LogP contribution is 2.17. The van der Waals surface area contributed by atoms with Crippen LogP contribution in [0, 0.1) is 0 Å². The smallest absolute Gasteiger partial charge is 0.241 e. The average Bonchev–Trinajstić information content (AvgIpc) is 2.69. The van der Waals surface area contributed by atoms with Crippen LogP contribution in [0.15, 0.2) is 23.2 Å². The van der Waals surface area contributed by atoms with Crippen LogP contribution in [0.4, 0.5) is 5.82 Å². The summed E-state index contributed by atoms with van der Waals surface area (Å²) >= 11 is 0. The zero-order valence-corrected chi connectivity index (χ0v) is 12.7. The van der Waals surface area contributed by atoms with Crippen LogP contribution in [0.25, 0.3) is 0 Å². The van der Waals surface area contributed by atoms with Gasteiger partial charge in [-0.05, 0) is 19.4 Å². The Balaban J connectivity index is 2.16. The quantitative estimate of drug-likeness (QED) is 0.790. The minimum atomic E-state index is -3.73. The van der Waals surface area contributed by atoms with Gasteiger partial charge in [0, 0.05) is 24.8 Å². The van der Waals surface area contributed by atoms with Crippen molar-refractivity contribution in [2.45, 2.75) is 24.3 Å². The fraction of sp³-hybridized carbons (Fsp3) is 0.545. The molecule has 2 heterocycles. The molecule has 0 aliphatic carbocycles. The second kappa shape index (κ2) is 5.66. The molecule has 0 aromatic carbocycles. The summed E-state index contributed by atoms with van der Waals surface area (Å²) in [6, 6.07) is 2.25. The van der Waals surface area contributed by atoms with Crippen LogP contribution < -0.4 is 10.0 Å². The Morgan fingerprint density at radius 3 is 2.80 bits per heavy atom. The van der Waals surface area contributed by atoms with E-state index in [2.05, 4.69) is 15.0 Å². The van der Waals surface area contributed by atoms with E-state index < -0.39 is 25.9 Å². The second-order valence-electron chi connectivity index (χ2n) is 4.63. The summed E-state index contributed by atoms with van der Waals surface area (Å²) in [4.78, 5) is 4.07. The van der Waals surface area contributed by atoms with E-state index in [-0.39, 0.29) is 16.4 Å². The first-order valence-corrected chi connectivity index (χ1v) is 9.55. The number of nitrogens with one attached hydrogen (secondary N) is 2. The van der Waals surface area contributed by atoms with Crippen LogP contribution in [0.1, 0.15) is 13.3 Å². The van der Waals surface area contributed by atoms with E-state index in [0.717, 1.165) is 0 Å². The lowest BCUT2D eigenvalue weighted by molar-refractivity contribution is 0.562. The van der Waals surface area contributed by atoms with Gasteiger partial charge in [0.25, 0.3) is 0 Å². The molecule has 1 aliphatic rings. The van der Waals surface area contributed by atoms with Crippen molar-refractivity contribution in [1.82, 2.24) is 9.71 Å². The zero-order chi connectivity index (χ0) is 14.8. The van der Waals surface area contributed by atoms with E-state index in [0.29, 0.717) is 18.8 Å². The van der Waals surface area contributed by atoms with Crippen LogP contribution in [0.5, 0.6) is 0 Å². The topological polar surface area (TPSA) is 105 Å². The third kappa shape index (κ3) is 3.68. The SMILES string of the molecule is CCNc1cc(S(=O)(=O)NC2CCS(=O)(=O)C2)ccn1. The van der Waals surface area contributed by atoms with Crippen LogP contribution in [-0.2, 0) is 19.9 Å². The molecule has 0 bridgehead atoms. The number of sulfone groups is 1. The normalized spacial score (nSPS) is 21.8. The van der Waals surface area contributed by atoms with Gasteiger partial charge in [-0.15, -0.1) is 0 Å². The molecule has 0 radical (unpaired) electrons. The Hall–Kier alpha value is -1.19. The number of nitrogens with zero attached hydrogens (tertiary/aromatic N) is 1. The maximum atomic E-state index is 12.2. The molecule has 1 aromatic heterocycles. The fourth-order valence-corrected chi connectivity index (χ4v) is 5.09. The standard InChI is InChI=1S/C11H17N3O4S2/c1-2-12-11-7-10(3-5-13-11)20(17,18)14-9-4-6-19(15,16)8-9/h3,5,7,9,14H,2,4,6,8H2,1H3,(H,12,13). The number of sulfonamides is 1. The molecule has 7 nitrogen and oxygen atoms in total. The van der Waals surface area contributed by atoms with Gasteiger partial charge in [-0.25, -0.2) is 26.5 Å². The van der Waals surface area contributed by atoms with Crippen LogP contribution in [0.2, 0.25) is 0 Å². The molecule has 0 spiro atoms. The summed E-state index contributed by atoms with van der Waals surface area (Å²) < 4.78 is 49.5.